The normalized spacial score (nSPS) is 20.8. The standard InChI is InChI=1S/C17H21F5N2O3/c1-10-6-16(8-25,9-26)7-24(10)15(27)23-13(14(18)19)11-4-2-3-5-12(11)17(20,21)22/h2-5,10,13-14,25-26H,6-9H2,1H3,(H,23,27). The number of alkyl halides is 5. The monoisotopic (exact) mass is 396 g/mol. The molecule has 2 atom stereocenters. The maximum atomic E-state index is 13.5. The topological polar surface area (TPSA) is 72.8 Å². The van der Waals surface area contributed by atoms with Gasteiger partial charge in [0.2, 0.25) is 0 Å². The van der Waals surface area contributed by atoms with Gasteiger partial charge in [-0.15, -0.1) is 0 Å². The maximum Gasteiger partial charge on any atom is 0.416 e. The summed E-state index contributed by atoms with van der Waals surface area (Å²) in [6.07, 6.45) is -7.87. The number of rotatable bonds is 5. The van der Waals surface area contributed by atoms with Crippen molar-refractivity contribution in [3.05, 3.63) is 35.4 Å². The van der Waals surface area contributed by atoms with Crippen LogP contribution in [0.15, 0.2) is 24.3 Å². The zero-order chi connectivity index (χ0) is 20.4. The Balaban J connectivity index is 2.27. The van der Waals surface area contributed by atoms with E-state index in [0.29, 0.717) is 6.07 Å². The van der Waals surface area contributed by atoms with Gasteiger partial charge in [-0.2, -0.15) is 13.2 Å². The van der Waals surface area contributed by atoms with Gasteiger partial charge in [-0.3, -0.25) is 0 Å². The molecule has 1 aliphatic rings. The fourth-order valence-electron chi connectivity index (χ4n) is 3.39. The van der Waals surface area contributed by atoms with Gasteiger partial charge in [-0.05, 0) is 25.0 Å². The number of aliphatic hydroxyl groups excluding tert-OH is 2. The molecule has 0 aliphatic carbocycles. The second-order valence-electron chi connectivity index (χ2n) is 6.84. The molecular weight excluding hydrogens is 375 g/mol. The lowest BCUT2D eigenvalue weighted by Crippen LogP contribution is -2.46. The maximum absolute atomic E-state index is 13.5. The predicted molar refractivity (Wildman–Crippen MR) is 86.1 cm³/mol. The summed E-state index contributed by atoms with van der Waals surface area (Å²) >= 11 is 0. The van der Waals surface area contributed by atoms with E-state index in [2.05, 4.69) is 0 Å². The summed E-state index contributed by atoms with van der Waals surface area (Å²) in [5, 5.41) is 20.9. The quantitative estimate of drug-likeness (QED) is 0.671. The van der Waals surface area contributed by atoms with Gasteiger partial charge in [0.05, 0.1) is 18.8 Å². The van der Waals surface area contributed by atoms with Crippen molar-refractivity contribution in [2.45, 2.75) is 38.0 Å². The van der Waals surface area contributed by atoms with Crippen LogP contribution in [0.25, 0.3) is 0 Å². The van der Waals surface area contributed by atoms with E-state index >= 15 is 0 Å². The van der Waals surface area contributed by atoms with Crippen LogP contribution in [0, 0.1) is 5.41 Å². The van der Waals surface area contributed by atoms with Crippen molar-refractivity contribution < 1.29 is 37.0 Å². The van der Waals surface area contributed by atoms with Crippen molar-refractivity contribution in [1.82, 2.24) is 10.2 Å². The third-order valence-electron chi connectivity index (χ3n) is 4.83. The highest BCUT2D eigenvalue weighted by molar-refractivity contribution is 5.75. The highest BCUT2D eigenvalue weighted by Crippen LogP contribution is 2.37. The Morgan fingerprint density at radius 3 is 2.37 bits per heavy atom. The van der Waals surface area contributed by atoms with E-state index < -0.39 is 60.5 Å². The molecule has 1 aromatic rings. The van der Waals surface area contributed by atoms with Crippen LogP contribution < -0.4 is 5.32 Å². The first kappa shape index (κ1) is 21.4. The van der Waals surface area contributed by atoms with E-state index in [4.69, 9.17) is 0 Å². The van der Waals surface area contributed by atoms with E-state index in [9.17, 15) is 37.0 Å². The second kappa shape index (κ2) is 7.97. The summed E-state index contributed by atoms with van der Waals surface area (Å²) in [5.41, 5.74) is -2.94. The number of nitrogens with zero attached hydrogens (tertiary/aromatic N) is 1. The van der Waals surface area contributed by atoms with Crippen LogP contribution in [0.2, 0.25) is 0 Å². The molecule has 0 bridgehead atoms. The number of hydrogen-bond donors (Lipinski definition) is 3. The Bertz CT molecular complexity index is 664. The number of aliphatic hydroxyl groups is 2. The first-order chi connectivity index (χ1) is 12.5. The Morgan fingerprint density at radius 1 is 1.30 bits per heavy atom. The molecule has 5 nitrogen and oxygen atoms in total. The largest absolute Gasteiger partial charge is 0.416 e. The Hall–Kier alpha value is -1.94. The van der Waals surface area contributed by atoms with E-state index in [0.717, 1.165) is 17.0 Å². The number of halogens is 5. The molecule has 1 aliphatic heterocycles. The number of benzene rings is 1. The lowest BCUT2D eigenvalue weighted by atomic mass is 9.88. The van der Waals surface area contributed by atoms with Gasteiger partial charge in [-0.25, -0.2) is 13.6 Å². The Morgan fingerprint density at radius 2 is 1.89 bits per heavy atom. The van der Waals surface area contributed by atoms with E-state index in [-0.39, 0.29) is 13.0 Å². The molecule has 10 heteroatoms. The minimum Gasteiger partial charge on any atom is -0.396 e. The number of amides is 2. The van der Waals surface area contributed by atoms with Crippen LogP contribution >= 0.6 is 0 Å². The molecule has 152 valence electrons. The summed E-state index contributed by atoms with van der Waals surface area (Å²) in [7, 11) is 0. The van der Waals surface area contributed by atoms with Crippen molar-refractivity contribution in [3.63, 3.8) is 0 Å². The number of urea groups is 1. The lowest BCUT2D eigenvalue weighted by molar-refractivity contribution is -0.138. The molecule has 27 heavy (non-hydrogen) atoms. The van der Waals surface area contributed by atoms with Gasteiger partial charge < -0.3 is 20.4 Å². The Labute approximate surface area is 152 Å². The van der Waals surface area contributed by atoms with Gasteiger partial charge in [0.1, 0.15) is 6.04 Å². The third kappa shape index (κ3) is 4.49. The summed E-state index contributed by atoms with van der Waals surface area (Å²) in [6.45, 7) is 0.692. The highest BCUT2D eigenvalue weighted by atomic mass is 19.4. The fourth-order valence-corrected chi connectivity index (χ4v) is 3.39. The van der Waals surface area contributed by atoms with Crippen molar-refractivity contribution >= 4 is 6.03 Å². The summed E-state index contributed by atoms with van der Waals surface area (Å²) in [6, 6.07) is 0.231. The SMILES string of the molecule is CC1CC(CO)(CO)CN1C(=O)NC(c1ccccc1C(F)(F)F)C(F)F. The van der Waals surface area contributed by atoms with Crippen molar-refractivity contribution in [2.75, 3.05) is 19.8 Å². The van der Waals surface area contributed by atoms with Crippen LogP contribution in [0.1, 0.15) is 30.5 Å². The van der Waals surface area contributed by atoms with Crippen molar-refractivity contribution in [1.29, 1.82) is 0 Å². The molecule has 0 aromatic heterocycles. The van der Waals surface area contributed by atoms with E-state index in [1.165, 1.54) is 6.07 Å². The molecule has 2 rings (SSSR count). The number of hydrogen-bond acceptors (Lipinski definition) is 3. The van der Waals surface area contributed by atoms with Gasteiger partial charge in [0.15, 0.2) is 0 Å². The molecule has 1 aromatic carbocycles. The molecule has 3 N–H and O–H groups in total. The third-order valence-corrected chi connectivity index (χ3v) is 4.83. The van der Waals surface area contributed by atoms with Crippen LogP contribution in [0.3, 0.4) is 0 Å². The molecule has 2 unspecified atom stereocenters. The summed E-state index contributed by atoms with van der Waals surface area (Å²) in [4.78, 5) is 13.6. The molecule has 1 heterocycles. The first-order valence-corrected chi connectivity index (χ1v) is 8.28. The molecule has 0 saturated carbocycles. The molecule has 2 amide bonds. The van der Waals surface area contributed by atoms with Crippen molar-refractivity contribution in [3.8, 4) is 0 Å². The number of nitrogens with one attached hydrogen (secondary N) is 1. The fraction of sp³-hybridized carbons (Fsp3) is 0.588. The number of carbonyl (C=O) groups is 1. The zero-order valence-electron chi connectivity index (χ0n) is 14.5. The van der Waals surface area contributed by atoms with Crippen LogP contribution in [0.4, 0.5) is 26.7 Å². The lowest BCUT2D eigenvalue weighted by Gasteiger charge is -2.28. The van der Waals surface area contributed by atoms with Gasteiger partial charge in [0.25, 0.3) is 6.43 Å². The molecule has 1 saturated heterocycles. The zero-order valence-corrected chi connectivity index (χ0v) is 14.5. The molecule has 1 fully saturated rings. The smallest absolute Gasteiger partial charge is 0.396 e. The second-order valence-corrected chi connectivity index (χ2v) is 6.84. The Kier molecular flexibility index (Phi) is 6.31. The van der Waals surface area contributed by atoms with E-state index in [1.54, 1.807) is 6.92 Å². The molecular formula is C17H21F5N2O3. The molecule has 0 radical (unpaired) electrons. The molecule has 0 spiro atoms. The van der Waals surface area contributed by atoms with Gasteiger partial charge in [-0.1, -0.05) is 18.2 Å². The number of carbonyl (C=O) groups excluding carboxylic acids is 1. The predicted octanol–water partition coefficient (Wildman–Crippen LogP) is 2.79. The summed E-state index contributed by atoms with van der Waals surface area (Å²) < 4.78 is 66.4. The highest BCUT2D eigenvalue weighted by Gasteiger charge is 2.45. The van der Waals surface area contributed by atoms with E-state index in [1.807, 2.05) is 5.32 Å². The minimum absolute atomic E-state index is 0.0934. The minimum atomic E-state index is -4.85. The first-order valence-electron chi connectivity index (χ1n) is 8.28. The van der Waals surface area contributed by atoms with Crippen molar-refractivity contribution in [2.24, 2.45) is 5.41 Å². The van der Waals surface area contributed by atoms with Gasteiger partial charge >= 0.3 is 12.2 Å². The van der Waals surface area contributed by atoms with Crippen LogP contribution in [-0.2, 0) is 6.18 Å². The van der Waals surface area contributed by atoms with Crippen LogP contribution in [0.5, 0.6) is 0 Å². The average molecular weight is 396 g/mol. The number of likely N-dealkylation sites (tertiary alicyclic amines) is 1. The van der Waals surface area contributed by atoms with Crippen LogP contribution in [-0.4, -0.2) is 53.4 Å². The van der Waals surface area contributed by atoms with Gasteiger partial charge in [0, 0.05) is 18.0 Å². The summed E-state index contributed by atoms with van der Waals surface area (Å²) in [5.74, 6) is 0. The average Bonchev–Trinajstić information content (AvgIpc) is 2.96.